The molecule has 0 bridgehead atoms. The number of nitrogens with zero attached hydrogens (tertiary/aromatic N) is 2. The molecule has 2 atom stereocenters. The summed E-state index contributed by atoms with van der Waals surface area (Å²) in [7, 11) is 0. The van der Waals surface area contributed by atoms with Crippen molar-refractivity contribution >= 4 is 5.91 Å². The van der Waals surface area contributed by atoms with Crippen molar-refractivity contribution in [2.75, 3.05) is 6.54 Å². The van der Waals surface area contributed by atoms with E-state index in [1.165, 1.54) is 29.3 Å². The normalized spacial score (nSPS) is 21.2. The van der Waals surface area contributed by atoms with E-state index in [1.807, 2.05) is 0 Å². The molecule has 2 heterocycles. The second-order valence-corrected chi connectivity index (χ2v) is 5.80. The Balaban J connectivity index is 1.90. The minimum atomic E-state index is -4.51. The van der Waals surface area contributed by atoms with Crippen LogP contribution >= 0.6 is 0 Å². The fraction of sp³-hybridized carbons (Fsp3) is 0.375. The average Bonchev–Trinajstić information content (AvgIpc) is 3.15. The number of carbonyl (C=O) groups is 1. The van der Waals surface area contributed by atoms with E-state index >= 15 is 0 Å². The highest BCUT2D eigenvalue weighted by Crippen LogP contribution is 2.40. The van der Waals surface area contributed by atoms with Gasteiger partial charge in [-0.1, -0.05) is 18.2 Å². The van der Waals surface area contributed by atoms with Gasteiger partial charge in [-0.3, -0.25) is 9.89 Å². The number of aromatic nitrogens is 2. The molecule has 0 saturated carbocycles. The maximum atomic E-state index is 13.3. The zero-order valence-electron chi connectivity index (χ0n) is 12.6. The number of aromatic amines is 1. The monoisotopic (exact) mass is 339 g/mol. The lowest BCUT2D eigenvalue weighted by Crippen LogP contribution is -2.33. The highest BCUT2D eigenvalue weighted by Gasteiger charge is 2.41. The molecule has 24 heavy (non-hydrogen) atoms. The first-order chi connectivity index (χ1) is 11.4. The number of halogens is 3. The molecule has 1 aliphatic rings. The van der Waals surface area contributed by atoms with Crippen LogP contribution in [0.1, 0.15) is 29.3 Å². The van der Waals surface area contributed by atoms with Crippen LogP contribution in [0.2, 0.25) is 0 Å². The molecule has 0 spiro atoms. The molecule has 2 N–H and O–H groups in total. The van der Waals surface area contributed by atoms with Crippen LogP contribution in [0.15, 0.2) is 36.5 Å². The molecule has 1 aromatic heterocycles. The van der Waals surface area contributed by atoms with E-state index in [4.69, 9.17) is 0 Å². The third-order valence-electron chi connectivity index (χ3n) is 4.12. The van der Waals surface area contributed by atoms with Gasteiger partial charge in [-0.05, 0) is 24.1 Å². The highest BCUT2D eigenvalue weighted by molar-refractivity contribution is 5.79. The van der Waals surface area contributed by atoms with Crippen molar-refractivity contribution in [2.24, 2.45) is 0 Å². The zero-order valence-corrected chi connectivity index (χ0v) is 12.6. The Bertz CT molecular complexity index is 716. The minimum Gasteiger partial charge on any atom is -0.391 e. The summed E-state index contributed by atoms with van der Waals surface area (Å²) in [6.45, 7) is 0.0177. The van der Waals surface area contributed by atoms with Gasteiger partial charge in [0, 0.05) is 18.4 Å². The van der Waals surface area contributed by atoms with E-state index < -0.39 is 23.9 Å². The van der Waals surface area contributed by atoms with Crippen molar-refractivity contribution in [3.63, 3.8) is 0 Å². The van der Waals surface area contributed by atoms with E-state index in [0.717, 1.165) is 6.07 Å². The minimum absolute atomic E-state index is 0.00257. The van der Waals surface area contributed by atoms with Gasteiger partial charge in [0.1, 0.15) is 0 Å². The number of benzene rings is 1. The second-order valence-electron chi connectivity index (χ2n) is 5.80. The Hall–Kier alpha value is -2.35. The van der Waals surface area contributed by atoms with Gasteiger partial charge in [-0.15, -0.1) is 0 Å². The SMILES string of the molecule is O=C(Cc1ccn[nH]1)N1C[C@@H](O)C[C@@H]1c1ccccc1C(F)(F)F. The number of nitrogens with one attached hydrogen (secondary N) is 1. The Morgan fingerprint density at radius 1 is 1.33 bits per heavy atom. The Morgan fingerprint density at radius 2 is 2.08 bits per heavy atom. The van der Waals surface area contributed by atoms with Crippen LogP contribution in [-0.4, -0.2) is 38.8 Å². The van der Waals surface area contributed by atoms with Crippen molar-refractivity contribution in [3.05, 3.63) is 53.3 Å². The van der Waals surface area contributed by atoms with Gasteiger partial charge < -0.3 is 10.0 Å². The van der Waals surface area contributed by atoms with Crippen LogP contribution in [0, 0.1) is 0 Å². The smallest absolute Gasteiger partial charge is 0.391 e. The third-order valence-corrected chi connectivity index (χ3v) is 4.12. The molecule has 1 aromatic carbocycles. The lowest BCUT2D eigenvalue weighted by Gasteiger charge is -2.27. The summed E-state index contributed by atoms with van der Waals surface area (Å²) in [5, 5.41) is 16.3. The lowest BCUT2D eigenvalue weighted by molar-refractivity contribution is -0.140. The van der Waals surface area contributed by atoms with Gasteiger partial charge >= 0.3 is 6.18 Å². The van der Waals surface area contributed by atoms with Crippen LogP contribution in [0.25, 0.3) is 0 Å². The molecule has 1 fully saturated rings. The van der Waals surface area contributed by atoms with Gasteiger partial charge in [-0.2, -0.15) is 18.3 Å². The maximum absolute atomic E-state index is 13.3. The first-order valence-electron chi connectivity index (χ1n) is 7.48. The molecule has 0 radical (unpaired) electrons. The van der Waals surface area contributed by atoms with Crippen LogP contribution in [0.3, 0.4) is 0 Å². The summed E-state index contributed by atoms with van der Waals surface area (Å²) in [6.07, 6.45) is -3.78. The van der Waals surface area contributed by atoms with Gasteiger partial charge in [-0.25, -0.2) is 0 Å². The highest BCUT2D eigenvalue weighted by atomic mass is 19.4. The number of alkyl halides is 3. The lowest BCUT2D eigenvalue weighted by atomic mass is 9.97. The number of H-pyrrole nitrogens is 1. The van der Waals surface area contributed by atoms with Gasteiger partial charge in [0.15, 0.2) is 0 Å². The number of carbonyl (C=O) groups excluding carboxylic acids is 1. The molecule has 2 aromatic rings. The summed E-state index contributed by atoms with van der Waals surface area (Å²) in [4.78, 5) is 13.8. The van der Waals surface area contributed by atoms with E-state index in [-0.39, 0.29) is 30.9 Å². The molecule has 5 nitrogen and oxygen atoms in total. The molecule has 0 unspecified atom stereocenters. The van der Waals surface area contributed by atoms with Crippen LogP contribution in [0.4, 0.5) is 13.2 Å². The van der Waals surface area contributed by atoms with E-state index in [9.17, 15) is 23.1 Å². The number of aliphatic hydroxyl groups is 1. The molecular weight excluding hydrogens is 323 g/mol. The average molecular weight is 339 g/mol. The summed E-state index contributed by atoms with van der Waals surface area (Å²) in [5.74, 6) is -0.349. The largest absolute Gasteiger partial charge is 0.416 e. The molecular formula is C16H16F3N3O2. The first kappa shape index (κ1) is 16.5. The van der Waals surface area contributed by atoms with Crippen molar-refractivity contribution in [3.8, 4) is 0 Å². The number of hydrogen-bond donors (Lipinski definition) is 2. The van der Waals surface area contributed by atoms with Crippen molar-refractivity contribution in [2.45, 2.75) is 31.2 Å². The van der Waals surface area contributed by atoms with Crippen molar-refractivity contribution in [1.82, 2.24) is 15.1 Å². The van der Waals surface area contributed by atoms with E-state index in [0.29, 0.717) is 5.69 Å². The van der Waals surface area contributed by atoms with Crippen LogP contribution in [-0.2, 0) is 17.4 Å². The van der Waals surface area contributed by atoms with Crippen molar-refractivity contribution in [1.29, 1.82) is 0 Å². The van der Waals surface area contributed by atoms with Gasteiger partial charge in [0.2, 0.25) is 5.91 Å². The fourth-order valence-electron chi connectivity index (χ4n) is 3.08. The Labute approximate surface area is 136 Å². The summed E-state index contributed by atoms with van der Waals surface area (Å²) in [6, 6.07) is 6.01. The summed E-state index contributed by atoms with van der Waals surface area (Å²) < 4.78 is 39.8. The molecule has 1 amide bonds. The molecule has 0 aliphatic carbocycles. The molecule has 8 heteroatoms. The second kappa shape index (κ2) is 6.27. The predicted octanol–water partition coefficient (Wildman–Crippen LogP) is 2.31. The zero-order chi connectivity index (χ0) is 17.3. The van der Waals surface area contributed by atoms with Gasteiger partial charge in [0.05, 0.1) is 24.1 Å². The van der Waals surface area contributed by atoms with Crippen molar-refractivity contribution < 1.29 is 23.1 Å². The molecule has 1 saturated heterocycles. The number of β-amino-alcohol motifs (C(OH)–C–C–N with tert-alkyl or cyclic N) is 1. The third kappa shape index (κ3) is 3.28. The number of likely N-dealkylation sites (tertiary alicyclic amines) is 1. The fourth-order valence-corrected chi connectivity index (χ4v) is 3.08. The number of rotatable bonds is 3. The summed E-state index contributed by atoms with van der Waals surface area (Å²) in [5.41, 5.74) is -0.188. The van der Waals surface area contributed by atoms with E-state index in [2.05, 4.69) is 10.2 Å². The first-order valence-corrected chi connectivity index (χ1v) is 7.48. The van der Waals surface area contributed by atoms with Gasteiger partial charge in [0.25, 0.3) is 0 Å². The molecule has 3 rings (SSSR count). The topological polar surface area (TPSA) is 69.2 Å². The van der Waals surface area contributed by atoms with Crippen LogP contribution in [0.5, 0.6) is 0 Å². The molecule has 128 valence electrons. The molecule has 1 aliphatic heterocycles. The Morgan fingerprint density at radius 3 is 2.75 bits per heavy atom. The number of aliphatic hydroxyl groups excluding tert-OH is 1. The summed E-state index contributed by atoms with van der Waals surface area (Å²) >= 11 is 0. The van der Waals surface area contributed by atoms with Crippen LogP contribution < -0.4 is 0 Å². The maximum Gasteiger partial charge on any atom is 0.416 e. The standard InChI is InChI=1S/C16H16F3N3O2/c17-16(18,19)13-4-2-1-3-12(13)14-8-11(23)9-22(14)15(24)7-10-5-6-20-21-10/h1-6,11,14,23H,7-9H2,(H,20,21)/t11-,14+/m0/s1. The Kier molecular flexibility index (Phi) is 4.31. The number of hydrogen-bond acceptors (Lipinski definition) is 3. The predicted molar refractivity (Wildman–Crippen MR) is 78.8 cm³/mol. The van der Waals surface area contributed by atoms with E-state index in [1.54, 1.807) is 6.07 Å². The quantitative estimate of drug-likeness (QED) is 0.902. The number of amides is 1.